The van der Waals surface area contributed by atoms with Crippen LogP contribution in [0, 0.1) is 6.92 Å². The van der Waals surface area contributed by atoms with Gasteiger partial charge in [-0.3, -0.25) is 19.5 Å². The topological polar surface area (TPSA) is 84.4 Å². The molecule has 0 aliphatic carbocycles. The van der Waals surface area contributed by atoms with Gasteiger partial charge in [0.2, 0.25) is 5.91 Å². The van der Waals surface area contributed by atoms with Gasteiger partial charge in [0.15, 0.2) is 6.10 Å². The van der Waals surface area contributed by atoms with E-state index in [0.717, 1.165) is 26.8 Å². The number of amides is 2. The van der Waals surface area contributed by atoms with Gasteiger partial charge in [0.05, 0.1) is 17.1 Å². The summed E-state index contributed by atoms with van der Waals surface area (Å²) in [6.07, 6.45) is 1.10. The number of fused-ring (bicyclic) bond motifs is 1. The van der Waals surface area contributed by atoms with Gasteiger partial charge >= 0.3 is 0 Å². The van der Waals surface area contributed by atoms with Crippen LogP contribution in [-0.2, 0) is 9.59 Å². The van der Waals surface area contributed by atoms with E-state index in [1.165, 1.54) is 4.90 Å². The highest BCUT2D eigenvalue weighted by atomic mass is 32.1. The third kappa shape index (κ3) is 3.58. The van der Waals surface area contributed by atoms with Crippen molar-refractivity contribution in [2.75, 3.05) is 18.5 Å². The standard InChI is InChI=1S/C21H20N4O3S/c1-12-21(27)25(11-18(26)22-3)16-10-14(7-8-17(16)28-12)19-13(2)29-20(24-19)15-6-4-5-9-23-15/h4-10,12H,11H2,1-3H3,(H,22,26). The van der Waals surface area contributed by atoms with Gasteiger partial charge in [0, 0.05) is 23.7 Å². The van der Waals surface area contributed by atoms with Crippen LogP contribution >= 0.6 is 11.3 Å². The first-order valence-corrected chi connectivity index (χ1v) is 10.0. The summed E-state index contributed by atoms with van der Waals surface area (Å²) >= 11 is 1.57. The lowest BCUT2D eigenvalue weighted by molar-refractivity contribution is -0.128. The molecule has 148 valence electrons. The summed E-state index contributed by atoms with van der Waals surface area (Å²) < 4.78 is 5.73. The third-order valence-electron chi connectivity index (χ3n) is 4.70. The molecule has 7 nitrogen and oxygen atoms in total. The van der Waals surface area contributed by atoms with Crippen LogP contribution in [0.3, 0.4) is 0 Å². The lowest BCUT2D eigenvalue weighted by Gasteiger charge is -2.32. The van der Waals surface area contributed by atoms with E-state index < -0.39 is 6.10 Å². The molecule has 3 heterocycles. The van der Waals surface area contributed by atoms with Gasteiger partial charge in [-0.1, -0.05) is 6.07 Å². The number of nitrogens with one attached hydrogen (secondary N) is 1. The second kappa shape index (κ2) is 7.63. The molecule has 0 bridgehead atoms. The quantitative estimate of drug-likeness (QED) is 0.717. The Balaban J connectivity index is 1.75. The van der Waals surface area contributed by atoms with Crippen molar-refractivity contribution in [2.45, 2.75) is 20.0 Å². The summed E-state index contributed by atoms with van der Waals surface area (Å²) in [5.41, 5.74) is 3.07. The number of rotatable bonds is 4. The number of aromatic nitrogens is 2. The fourth-order valence-corrected chi connectivity index (χ4v) is 4.12. The van der Waals surface area contributed by atoms with Crippen molar-refractivity contribution >= 4 is 28.8 Å². The molecule has 1 atom stereocenters. The maximum absolute atomic E-state index is 12.6. The van der Waals surface area contributed by atoms with Crippen LogP contribution in [0.2, 0.25) is 0 Å². The highest BCUT2D eigenvalue weighted by Gasteiger charge is 2.33. The van der Waals surface area contributed by atoms with Crippen molar-refractivity contribution in [3.8, 4) is 27.7 Å². The Morgan fingerprint density at radius 2 is 2.14 bits per heavy atom. The van der Waals surface area contributed by atoms with E-state index in [4.69, 9.17) is 9.72 Å². The Kier molecular flexibility index (Phi) is 5.02. The number of pyridine rings is 1. The maximum atomic E-state index is 12.6. The molecule has 1 N–H and O–H groups in total. The van der Waals surface area contributed by atoms with Crippen LogP contribution in [0.4, 0.5) is 5.69 Å². The Morgan fingerprint density at radius 1 is 1.31 bits per heavy atom. The van der Waals surface area contributed by atoms with Gasteiger partial charge in [-0.05, 0) is 44.2 Å². The molecule has 0 fully saturated rings. The molecule has 2 amide bonds. The van der Waals surface area contributed by atoms with Crippen molar-refractivity contribution in [1.82, 2.24) is 15.3 Å². The van der Waals surface area contributed by atoms with Crippen LogP contribution in [-0.4, -0.2) is 41.5 Å². The Labute approximate surface area is 172 Å². The molecule has 1 aromatic carbocycles. The molecule has 1 aliphatic heterocycles. The Hall–Kier alpha value is -3.26. The number of anilines is 1. The van der Waals surface area contributed by atoms with Gasteiger partial charge in [-0.15, -0.1) is 11.3 Å². The van der Waals surface area contributed by atoms with E-state index in [0.29, 0.717) is 11.4 Å². The fraction of sp³-hybridized carbons (Fsp3) is 0.238. The van der Waals surface area contributed by atoms with Crippen molar-refractivity contribution in [3.63, 3.8) is 0 Å². The second-order valence-electron chi connectivity index (χ2n) is 6.68. The number of nitrogens with zero attached hydrogens (tertiary/aromatic N) is 3. The minimum atomic E-state index is -0.644. The molecule has 0 saturated carbocycles. The number of benzene rings is 1. The smallest absolute Gasteiger partial charge is 0.268 e. The first-order valence-electron chi connectivity index (χ1n) is 9.20. The minimum absolute atomic E-state index is 0.0608. The molecular formula is C21H20N4O3S. The average Bonchev–Trinajstić information content (AvgIpc) is 3.13. The van der Waals surface area contributed by atoms with Crippen LogP contribution < -0.4 is 15.0 Å². The normalized spacial score (nSPS) is 15.6. The number of carbonyl (C=O) groups is 2. The van der Waals surface area contributed by atoms with E-state index in [1.807, 2.05) is 43.3 Å². The zero-order valence-electron chi connectivity index (χ0n) is 16.3. The molecule has 29 heavy (non-hydrogen) atoms. The molecule has 0 saturated heterocycles. The molecule has 8 heteroatoms. The summed E-state index contributed by atoms with van der Waals surface area (Å²) in [6.45, 7) is 3.62. The van der Waals surface area contributed by atoms with Crippen molar-refractivity contribution in [3.05, 3.63) is 47.5 Å². The van der Waals surface area contributed by atoms with Crippen LogP contribution in [0.1, 0.15) is 11.8 Å². The molecule has 4 rings (SSSR count). The first kappa shape index (κ1) is 19.1. The number of thiazole rings is 1. The summed E-state index contributed by atoms with van der Waals surface area (Å²) in [5, 5.41) is 3.40. The minimum Gasteiger partial charge on any atom is -0.479 e. The van der Waals surface area contributed by atoms with Crippen molar-refractivity contribution < 1.29 is 14.3 Å². The van der Waals surface area contributed by atoms with E-state index in [1.54, 1.807) is 31.5 Å². The second-order valence-corrected chi connectivity index (χ2v) is 7.88. The number of hydrogen-bond acceptors (Lipinski definition) is 6. The molecule has 1 aliphatic rings. The molecule has 0 spiro atoms. The van der Waals surface area contributed by atoms with Gasteiger partial charge in [0.1, 0.15) is 17.3 Å². The van der Waals surface area contributed by atoms with E-state index in [9.17, 15) is 9.59 Å². The Morgan fingerprint density at radius 3 is 2.86 bits per heavy atom. The maximum Gasteiger partial charge on any atom is 0.268 e. The monoisotopic (exact) mass is 408 g/mol. The third-order valence-corrected chi connectivity index (χ3v) is 5.70. The molecule has 0 radical (unpaired) electrons. The van der Waals surface area contributed by atoms with E-state index in [2.05, 4.69) is 10.3 Å². The largest absolute Gasteiger partial charge is 0.479 e. The number of carbonyl (C=O) groups excluding carboxylic acids is 2. The van der Waals surface area contributed by atoms with Crippen molar-refractivity contribution in [1.29, 1.82) is 0 Å². The Bertz CT molecular complexity index is 1080. The summed E-state index contributed by atoms with van der Waals surface area (Å²) in [4.78, 5) is 36.2. The van der Waals surface area contributed by atoms with Crippen LogP contribution in [0.5, 0.6) is 5.75 Å². The SMILES string of the molecule is CNC(=O)CN1C(=O)C(C)Oc2ccc(-c3nc(-c4ccccn4)sc3C)cc21. The number of ether oxygens (including phenoxy) is 1. The lowest BCUT2D eigenvalue weighted by atomic mass is 10.1. The van der Waals surface area contributed by atoms with Gasteiger partial charge in [0.25, 0.3) is 5.91 Å². The highest BCUT2D eigenvalue weighted by Crippen LogP contribution is 2.39. The van der Waals surface area contributed by atoms with Crippen LogP contribution in [0.25, 0.3) is 22.0 Å². The predicted molar refractivity (Wildman–Crippen MR) is 112 cm³/mol. The van der Waals surface area contributed by atoms with Gasteiger partial charge < -0.3 is 10.1 Å². The molecule has 3 aromatic rings. The molecule has 1 unspecified atom stereocenters. The predicted octanol–water partition coefficient (Wildman–Crippen LogP) is 3.04. The zero-order chi connectivity index (χ0) is 20.5. The summed E-state index contributed by atoms with van der Waals surface area (Å²) in [6, 6.07) is 11.3. The number of hydrogen-bond donors (Lipinski definition) is 1. The summed E-state index contributed by atoms with van der Waals surface area (Å²) in [7, 11) is 1.55. The lowest BCUT2D eigenvalue weighted by Crippen LogP contribution is -2.48. The fourth-order valence-electron chi connectivity index (χ4n) is 3.20. The zero-order valence-corrected chi connectivity index (χ0v) is 17.1. The van der Waals surface area contributed by atoms with Gasteiger partial charge in [-0.25, -0.2) is 4.98 Å². The summed E-state index contributed by atoms with van der Waals surface area (Å²) in [5.74, 6) is 0.0797. The number of aryl methyl sites for hydroxylation is 1. The molecule has 2 aromatic heterocycles. The van der Waals surface area contributed by atoms with Crippen molar-refractivity contribution in [2.24, 2.45) is 0 Å². The molecular weight excluding hydrogens is 388 g/mol. The van der Waals surface area contributed by atoms with E-state index >= 15 is 0 Å². The average molecular weight is 408 g/mol. The highest BCUT2D eigenvalue weighted by molar-refractivity contribution is 7.15. The van der Waals surface area contributed by atoms with Crippen LogP contribution in [0.15, 0.2) is 42.6 Å². The van der Waals surface area contributed by atoms with Gasteiger partial charge in [-0.2, -0.15) is 0 Å². The number of likely N-dealkylation sites (N-methyl/N-ethyl adjacent to an activating group) is 1. The van der Waals surface area contributed by atoms with E-state index in [-0.39, 0.29) is 18.4 Å². The first-order chi connectivity index (χ1) is 14.0.